The van der Waals surface area contributed by atoms with E-state index in [1.54, 1.807) is 0 Å². The van der Waals surface area contributed by atoms with Gasteiger partial charge in [0.05, 0.1) is 11.5 Å². The summed E-state index contributed by atoms with van der Waals surface area (Å²) in [7, 11) is -2.96. The number of sulfone groups is 1. The zero-order chi connectivity index (χ0) is 12.4. The van der Waals surface area contributed by atoms with Gasteiger partial charge in [-0.25, -0.2) is 8.42 Å². The summed E-state index contributed by atoms with van der Waals surface area (Å²) in [5, 5.41) is 10.1. The van der Waals surface area contributed by atoms with E-state index in [1.165, 1.54) is 0 Å². The Hall–Kier alpha value is -1.31. The number of hydrogen-bond acceptors (Lipinski definition) is 3. The molecule has 1 aliphatic rings. The smallest absolute Gasteiger partial charge is 0.150 e. The molecular weight excluding hydrogens is 236 g/mol. The molecule has 0 amide bonds. The maximum absolute atomic E-state index is 11.3. The van der Waals surface area contributed by atoms with Crippen LogP contribution in [0, 0.1) is 11.8 Å². The van der Waals surface area contributed by atoms with Crippen LogP contribution in [-0.2, 0) is 9.84 Å². The first kappa shape index (κ1) is 12.2. The van der Waals surface area contributed by atoms with Crippen LogP contribution >= 0.6 is 0 Å². The van der Waals surface area contributed by atoms with E-state index in [0.29, 0.717) is 0 Å². The van der Waals surface area contributed by atoms with Crippen LogP contribution in [0.25, 0.3) is 0 Å². The van der Waals surface area contributed by atoms with E-state index in [1.807, 2.05) is 30.3 Å². The van der Waals surface area contributed by atoms with Gasteiger partial charge in [-0.05, 0) is 12.1 Å². The van der Waals surface area contributed by atoms with E-state index in [-0.39, 0.29) is 24.3 Å². The Morgan fingerprint density at radius 2 is 1.71 bits per heavy atom. The molecule has 0 unspecified atom stereocenters. The Balaban J connectivity index is 2.12. The van der Waals surface area contributed by atoms with Crippen molar-refractivity contribution < 1.29 is 13.5 Å². The minimum Gasteiger partial charge on any atom is -0.378 e. The summed E-state index contributed by atoms with van der Waals surface area (Å²) in [6, 6.07) is 9.36. The lowest BCUT2D eigenvalue weighted by Crippen LogP contribution is -2.37. The van der Waals surface area contributed by atoms with Crippen LogP contribution in [0.4, 0.5) is 0 Å². The van der Waals surface area contributed by atoms with Crippen LogP contribution in [0.3, 0.4) is 0 Å². The van der Waals surface area contributed by atoms with Gasteiger partial charge in [0, 0.05) is 18.4 Å². The minimum atomic E-state index is -2.96. The van der Waals surface area contributed by atoms with Crippen LogP contribution in [0.1, 0.15) is 18.4 Å². The zero-order valence-corrected chi connectivity index (χ0v) is 10.2. The molecule has 0 radical (unpaired) electrons. The maximum atomic E-state index is 11.3. The third-order valence-corrected chi connectivity index (χ3v) is 4.52. The van der Waals surface area contributed by atoms with Crippen LogP contribution in [0.5, 0.6) is 0 Å². The molecule has 0 saturated carbocycles. The standard InChI is InChI=1S/C13H14O3S/c14-13(8-10-17(15,16)11-9-13)7-6-12-4-2-1-3-5-12/h1-5,14H,8-11H2. The van der Waals surface area contributed by atoms with E-state index in [0.717, 1.165) is 5.56 Å². The average Bonchev–Trinajstić information content (AvgIpc) is 2.33. The molecule has 3 nitrogen and oxygen atoms in total. The SMILES string of the molecule is O=S1(=O)CCC(O)(C#Cc2ccccc2)CC1. The summed E-state index contributed by atoms with van der Waals surface area (Å²) in [5.41, 5.74) is -0.324. The lowest BCUT2D eigenvalue weighted by atomic mass is 9.97. The third-order valence-electron chi connectivity index (χ3n) is 2.87. The van der Waals surface area contributed by atoms with Gasteiger partial charge in [-0.3, -0.25) is 0 Å². The molecule has 1 heterocycles. The fourth-order valence-electron chi connectivity index (χ4n) is 1.71. The molecule has 1 saturated heterocycles. The Labute approximate surface area is 101 Å². The lowest BCUT2D eigenvalue weighted by Gasteiger charge is -2.26. The molecule has 1 aromatic carbocycles. The van der Waals surface area contributed by atoms with Crippen LogP contribution in [0.15, 0.2) is 30.3 Å². The van der Waals surface area contributed by atoms with Gasteiger partial charge < -0.3 is 5.11 Å². The molecule has 0 spiro atoms. The molecule has 90 valence electrons. The van der Waals surface area contributed by atoms with Gasteiger partial charge in [0.15, 0.2) is 9.84 Å². The van der Waals surface area contributed by atoms with Gasteiger partial charge in [0.2, 0.25) is 0 Å². The quantitative estimate of drug-likeness (QED) is 0.698. The Bertz CT molecular complexity index is 535. The van der Waals surface area contributed by atoms with Crippen molar-refractivity contribution in [2.75, 3.05) is 11.5 Å². The summed E-state index contributed by atoms with van der Waals surface area (Å²) in [6.45, 7) is 0. The summed E-state index contributed by atoms with van der Waals surface area (Å²) in [5.74, 6) is 5.72. The fraction of sp³-hybridized carbons (Fsp3) is 0.385. The van der Waals surface area contributed by atoms with Crippen LogP contribution < -0.4 is 0 Å². The monoisotopic (exact) mass is 250 g/mol. The maximum Gasteiger partial charge on any atom is 0.150 e. The van der Waals surface area contributed by atoms with Crippen molar-refractivity contribution in [2.45, 2.75) is 18.4 Å². The lowest BCUT2D eigenvalue weighted by molar-refractivity contribution is 0.0907. The predicted octanol–water partition coefficient (Wildman–Crippen LogP) is 0.978. The van der Waals surface area contributed by atoms with Crippen molar-refractivity contribution in [3.05, 3.63) is 35.9 Å². The molecule has 1 aromatic rings. The number of benzene rings is 1. The van der Waals surface area contributed by atoms with E-state index >= 15 is 0 Å². The normalized spacial score (nSPS) is 21.2. The van der Waals surface area contributed by atoms with Gasteiger partial charge >= 0.3 is 0 Å². The van der Waals surface area contributed by atoms with Crippen molar-refractivity contribution in [3.63, 3.8) is 0 Å². The first-order valence-corrected chi connectivity index (χ1v) is 7.32. The molecule has 0 aliphatic carbocycles. The number of hydrogen-bond donors (Lipinski definition) is 1. The zero-order valence-electron chi connectivity index (χ0n) is 9.39. The summed E-state index contributed by atoms with van der Waals surface area (Å²) >= 11 is 0. The predicted molar refractivity (Wildman–Crippen MR) is 66.2 cm³/mol. The topological polar surface area (TPSA) is 54.4 Å². The molecule has 0 atom stereocenters. The first-order chi connectivity index (χ1) is 7.99. The Kier molecular flexibility index (Phi) is 3.23. The first-order valence-electron chi connectivity index (χ1n) is 5.50. The molecule has 17 heavy (non-hydrogen) atoms. The molecule has 1 N–H and O–H groups in total. The highest BCUT2D eigenvalue weighted by Crippen LogP contribution is 2.22. The largest absolute Gasteiger partial charge is 0.378 e. The van der Waals surface area contributed by atoms with Crippen molar-refractivity contribution >= 4 is 9.84 Å². The minimum absolute atomic E-state index is 0.0208. The average molecular weight is 250 g/mol. The van der Waals surface area contributed by atoms with Crippen molar-refractivity contribution in [1.82, 2.24) is 0 Å². The molecule has 1 aliphatic heterocycles. The number of rotatable bonds is 0. The number of aliphatic hydroxyl groups is 1. The van der Waals surface area contributed by atoms with Gasteiger partial charge in [-0.2, -0.15) is 0 Å². The van der Waals surface area contributed by atoms with Crippen LogP contribution in [-0.4, -0.2) is 30.6 Å². The van der Waals surface area contributed by atoms with Gasteiger partial charge in [0.25, 0.3) is 0 Å². The molecular formula is C13H14O3S. The highest BCUT2D eigenvalue weighted by Gasteiger charge is 2.33. The van der Waals surface area contributed by atoms with Gasteiger partial charge in [-0.1, -0.05) is 30.0 Å². The molecule has 0 bridgehead atoms. The van der Waals surface area contributed by atoms with Gasteiger partial charge in [0.1, 0.15) is 5.60 Å². The fourth-order valence-corrected chi connectivity index (χ4v) is 3.21. The molecule has 1 fully saturated rings. The second kappa shape index (κ2) is 4.52. The van der Waals surface area contributed by atoms with Gasteiger partial charge in [-0.15, -0.1) is 0 Å². The Morgan fingerprint density at radius 3 is 2.29 bits per heavy atom. The van der Waals surface area contributed by atoms with Crippen molar-refractivity contribution in [2.24, 2.45) is 0 Å². The highest BCUT2D eigenvalue weighted by atomic mass is 32.2. The second-order valence-corrected chi connectivity index (χ2v) is 6.60. The summed E-state index contributed by atoms with van der Waals surface area (Å²) in [6.07, 6.45) is 0.407. The van der Waals surface area contributed by atoms with E-state index in [2.05, 4.69) is 11.8 Å². The molecule has 2 rings (SSSR count). The van der Waals surface area contributed by atoms with E-state index in [9.17, 15) is 13.5 Å². The van der Waals surface area contributed by atoms with E-state index in [4.69, 9.17) is 0 Å². The van der Waals surface area contributed by atoms with Crippen molar-refractivity contribution in [1.29, 1.82) is 0 Å². The molecule has 0 aromatic heterocycles. The summed E-state index contributed by atoms with van der Waals surface area (Å²) in [4.78, 5) is 0. The summed E-state index contributed by atoms with van der Waals surface area (Å²) < 4.78 is 22.5. The Morgan fingerprint density at radius 1 is 1.12 bits per heavy atom. The third kappa shape index (κ3) is 3.32. The van der Waals surface area contributed by atoms with Crippen molar-refractivity contribution in [3.8, 4) is 11.8 Å². The molecule has 4 heteroatoms. The van der Waals surface area contributed by atoms with E-state index < -0.39 is 15.4 Å². The second-order valence-electron chi connectivity index (χ2n) is 4.30. The van der Waals surface area contributed by atoms with Crippen LogP contribution in [0.2, 0.25) is 0 Å². The highest BCUT2D eigenvalue weighted by molar-refractivity contribution is 7.91.